The molecule has 4 rings (SSSR count). The van der Waals surface area contributed by atoms with E-state index in [0.29, 0.717) is 0 Å². The highest BCUT2D eigenvalue weighted by Crippen LogP contribution is 2.24. The summed E-state index contributed by atoms with van der Waals surface area (Å²) in [6, 6.07) is 18.7. The van der Waals surface area contributed by atoms with Crippen molar-refractivity contribution in [2.24, 2.45) is 11.0 Å². The fraction of sp³-hybridized carbons (Fsp3) is 0.304. The van der Waals surface area contributed by atoms with Gasteiger partial charge in [0.15, 0.2) is 0 Å². The minimum atomic E-state index is 0.792. The van der Waals surface area contributed by atoms with E-state index in [9.17, 15) is 0 Å². The predicted molar refractivity (Wildman–Crippen MR) is 119 cm³/mol. The van der Waals surface area contributed by atoms with E-state index in [4.69, 9.17) is 0 Å². The summed E-state index contributed by atoms with van der Waals surface area (Å²) in [4.78, 5) is 7.18. The smallest absolute Gasteiger partial charge is 0.203 e. The number of rotatable bonds is 6. The first-order valence-electron chi connectivity index (χ1n) is 9.88. The molecule has 1 aliphatic rings. The molecule has 1 fully saturated rings. The molecule has 0 aliphatic carbocycles. The maximum Gasteiger partial charge on any atom is 0.203 e. The second-order valence-electron chi connectivity index (χ2n) is 7.46. The van der Waals surface area contributed by atoms with Gasteiger partial charge in [-0.3, -0.25) is 10.3 Å². The number of hydrogen-bond acceptors (Lipinski definition) is 5. The average Bonchev–Trinajstić information content (AvgIpc) is 3.19. The minimum Gasteiger partial charge on any atom is -0.299 e. The maximum atomic E-state index is 4.62. The Kier molecular flexibility index (Phi) is 6.14. The highest BCUT2D eigenvalue weighted by molar-refractivity contribution is 7.14. The van der Waals surface area contributed by atoms with Crippen LogP contribution in [0.5, 0.6) is 0 Å². The van der Waals surface area contributed by atoms with E-state index >= 15 is 0 Å². The van der Waals surface area contributed by atoms with Crippen LogP contribution in [-0.4, -0.2) is 29.2 Å². The van der Waals surface area contributed by atoms with Crippen LogP contribution in [0.2, 0.25) is 0 Å². The lowest BCUT2D eigenvalue weighted by molar-refractivity contribution is 0.176. The van der Waals surface area contributed by atoms with Crippen LogP contribution in [0.1, 0.15) is 30.9 Å². The van der Waals surface area contributed by atoms with Gasteiger partial charge in [-0.05, 0) is 36.4 Å². The van der Waals surface area contributed by atoms with Gasteiger partial charge in [0.05, 0.1) is 11.9 Å². The first-order valence-corrected chi connectivity index (χ1v) is 10.8. The van der Waals surface area contributed by atoms with E-state index in [1.807, 2.05) is 24.4 Å². The summed E-state index contributed by atoms with van der Waals surface area (Å²) in [5.74, 6) is 0.792. The van der Waals surface area contributed by atoms with Gasteiger partial charge in [0.25, 0.3) is 0 Å². The fourth-order valence-electron chi connectivity index (χ4n) is 3.70. The fourth-order valence-corrected chi connectivity index (χ4v) is 4.37. The second kappa shape index (κ2) is 9.13. The molecule has 1 aromatic heterocycles. The van der Waals surface area contributed by atoms with Gasteiger partial charge in [-0.25, -0.2) is 4.98 Å². The van der Waals surface area contributed by atoms with Gasteiger partial charge in [0.1, 0.15) is 0 Å². The van der Waals surface area contributed by atoms with Crippen LogP contribution in [0.15, 0.2) is 65.1 Å². The topological polar surface area (TPSA) is 40.5 Å². The van der Waals surface area contributed by atoms with Crippen molar-refractivity contribution >= 4 is 22.7 Å². The summed E-state index contributed by atoms with van der Waals surface area (Å²) in [7, 11) is 0. The van der Waals surface area contributed by atoms with E-state index in [2.05, 4.69) is 69.1 Å². The molecule has 2 heterocycles. The van der Waals surface area contributed by atoms with Crippen molar-refractivity contribution in [2.45, 2.75) is 26.3 Å². The Morgan fingerprint density at radius 3 is 2.86 bits per heavy atom. The molecule has 1 aliphatic heterocycles. The number of aromatic nitrogens is 1. The summed E-state index contributed by atoms with van der Waals surface area (Å²) in [5, 5.41) is 7.30. The van der Waals surface area contributed by atoms with Crippen LogP contribution in [0.4, 0.5) is 5.13 Å². The molecule has 1 N–H and O–H groups in total. The Bertz CT molecular complexity index is 919. The molecule has 3 aromatic rings. The van der Waals surface area contributed by atoms with Crippen molar-refractivity contribution in [3.8, 4) is 11.3 Å². The Labute approximate surface area is 170 Å². The van der Waals surface area contributed by atoms with Crippen molar-refractivity contribution in [1.29, 1.82) is 0 Å². The zero-order valence-electron chi connectivity index (χ0n) is 16.2. The molecule has 144 valence electrons. The van der Waals surface area contributed by atoms with E-state index < -0.39 is 0 Å². The molecular weight excluding hydrogens is 364 g/mol. The number of anilines is 1. The van der Waals surface area contributed by atoms with Gasteiger partial charge in [-0.1, -0.05) is 61.5 Å². The van der Waals surface area contributed by atoms with Crippen LogP contribution < -0.4 is 5.43 Å². The van der Waals surface area contributed by atoms with Gasteiger partial charge in [-0.15, -0.1) is 11.3 Å². The molecule has 1 unspecified atom stereocenters. The first-order chi connectivity index (χ1) is 13.8. The number of likely N-dealkylation sites (tertiary alicyclic amines) is 1. The van der Waals surface area contributed by atoms with E-state index in [1.54, 1.807) is 11.3 Å². The third-order valence-corrected chi connectivity index (χ3v) is 5.87. The molecule has 0 amide bonds. The molecule has 1 saturated heterocycles. The first kappa shape index (κ1) is 18.8. The molecule has 1 atom stereocenters. The van der Waals surface area contributed by atoms with Crippen LogP contribution in [0, 0.1) is 5.92 Å². The number of thiazole rings is 1. The molecule has 28 heavy (non-hydrogen) atoms. The van der Waals surface area contributed by atoms with Crippen LogP contribution in [0.3, 0.4) is 0 Å². The van der Waals surface area contributed by atoms with Crippen LogP contribution in [0.25, 0.3) is 11.3 Å². The number of nitrogens with zero attached hydrogens (tertiary/aromatic N) is 3. The van der Waals surface area contributed by atoms with Gasteiger partial charge in [0, 0.05) is 24.0 Å². The number of nitrogens with one attached hydrogen (secondary N) is 1. The average molecular weight is 391 g/mol. The minimum absolute atomic E-state index is 0.792. The highest BCUT2D eigenvalue weighted by atomic mass is 32.1. The van der Waals surface area contributed by atoms with Crippen LogP contribution >= 0.6 is 11.3 Å². The van der Waals surface area contributed by atoms with Crippen molar-refractivity contribution in [3.63, 3.8) is 0 Å². The highest BCUT2D eigenvalue weighted by Gasteiger charge is 2.16. The zero-order valence-corrected chi connectivity index (χ0v) is 17.0. The maximum absolute atomic E-state index is 4.62. The van der Waals surface area contributed by atoms with Gasteiger partial charge < -0.3 is 0 Å². The summed E-state index contributed by atoms with van der Waals surface area (Å²) >= 11 is 1.57. The normalized spacial score (nSPS) is 17.8. The quantitative estimate of drug-likeness (QED) is 0.447. The predicted octanol–water partition coefficient (Wildman–Crippen LogP) is 5.49. The van der Waals surface area contributed by atoms with Crippen LogP contribution in [-0.2, 0) is 6.54 Å². The molecule has 4 nitrogen and oxygen atoms in total. The Hall–Kier alpha value is -2.50. The van der Waals surface area contributed by atoms with E-state index in [1.165, 1.54) is 31.5 Å². The lowest BCUT2D eigenvalue weighted by atomic mass is 9.99. The summed E-state index contributed by atoms with van der Waals surface area (Å²) < 4.78 is 0. The standard InChI is InChI=1S/C23H26N4S/c1-18-8-7-13-27(15-18)16-21-12-6-5-11-20(21)14-24-26-23-25-22(17-28-23)19-9-3-2-4-10-19/h2-6,9-12,14,17-18H,7-8,13,15-16H2,1H3,(H,25,26). The van der Waals surface area contributed by atoms with Crippen molar-refractivity contribution in [3.05, 3.63) is 71.1 Å². The Balaban J connectivity index is 1.40. The number of hydrazone groups is 1. The van der Waals surface area contributed by atoms with Crippen molar-refractivity contribution in [2.75, 3.05) is 18.5 Å². The summed E-state index contributed by atoms with van der Waals surface area (Å²) in [6.45, 7) is 5.71. The molecule has 2 aromatic carbocycles. The second-order valence-corrected chi connectivity index (χ2v) is 8.31. The molecular formula is C23H26N4S. The van der Waals surface area contributed by atoms with Gasteiger partial charge in [0.2, 0.25) is 5.13 Å². The molecule has 0 bridgehead atoms. The van der Waals surface area contributed by atoms with E-state index in [0.717, 1.165) is 34.4 Å². The summed E-state index contributed by atoms with van der Waals surface area (Å²) in [5.41, 5.74) is 7.67. The lowest BCUT2D eigenvalue weighted by Crippen LogP contribution is -2.34. The Morgan fingerprint density at radius 1 is 1.18 bits per heavy atom. The number of piperidine rings is 1. The summed E-state index contributed by atoms with van der Waals surface area (Å²) in [6.07, 6.45) is 4.56. The molecule has 5 heteroatoms. The lowest BCUT2D eigenvalue weighted by Gasteiger charge is -2.31. The molecule has 0 spiro atoms. The van der Waals surface area contributed by atoms with Crippen molar-refractivity contribution in [1.82, 2.24) is 9.88 Å². The number of benzene rings is 2. The monoisotopic (exact) mass is 390 g/mol. The molecule has 0 radical (unpaired) electrons. The molecule has 0 saturated carbocycles. The SMILES string of the molecule is CC1CCCN(Cc2ccccc2C=NNc2nc(-c3ccccc3)cs2)C1. The van der Waals surface area contributed by atoms with E-state index in [-0.39, 0.29) is 0 Å². The third kappa shape index (κ3) is 4.86. The largest absolute Gasteiger partial charge is 0.299 e. The third-order valence-electron chi connectivity index (χ3n) is 5.13. The van der Waals surface area contributed by atoms with Gasteiger partial charge >= 0.3 is 0 Å². The van der Waals surface area contributed by atoms with Crippen molar-refractivity contribution < 1.29 is 0 Å². The Morgan fingerprint density at radius 2 is 2.00 bits per heavy atom. The van der Waals surface area contributed by atoms with Gasteiger partial charge in [-0.2, -0.15) is 5.10 Å². The number of hydrogen-bond donors (Lipinski definition) is 1. The zero-order chi connectivity index (χ0) is 19.2.